The van der Waals surface area contributed by atoms with Gasteiger partial charge < -0.3 is 14.8 Å². The van der Waals surface area contributed by atoms with E-state index in [1.807, 2.05) is 19.9 Å². The van der Waals surface area contributed by atoms with Gasteiger partial charge in [0.2, 0.25) is 0 Å². The lowest BCUT2D eigenvalue weighted by molar-refractivity contribution is -0.113. The summed E-state index contributed by atoms with van der Waals surface area (Å²) in [4.78, 5) is 26.0. The number of carbonyl (C=O) groups excluding carboxylic acids is 2. The molecule has 1 fully saturated rings. The summed E-state index contributed by atoms with van der Waals surface area (Å²) in [6.45, 7) is 3.77. The van der Waals surface area contributed by atoms with Crippen molar-refractivity contribution in [2.75, 3.05) is 12.0 Å². The first-order chi connectivity index (χ1) is 12.9. The molecule has 0 aromatic heterocycles. The van der Waals surface area contributed by atoms with Crippen molar-refractivity contribution in [1.29, 1.82) is 0 Å². The number of carbonyl (C=O) groups is 2. The van der Waals surface area contributed by atoms with Gasteiger partial charge in [0.25, 0.3) is 5.91 Å². The second-order valence-corrected chi connectivity index (χ2v) is 6.57. The number of rotatable bonds is 5. The number of hydrogen-bond acceptors (Lipinski definition) is 4. The normalized spacial score (nSPS) is 15.4. The van der Waals surface area contributed by atoms with Crippen LogP contribution in [0, 0.1) is 0 Å². The lowest BCUT2D eigenvalue weighted by Gasteiger charge is -2.15. The summed E-state index contributed by atoms with van der Waals surface area (Å²) in [6.07, 6.45) is 1.48. The summed E-state index contributed by atoms with van der Waals surface area (Å²) in [5.74, 6) is 0.438. The van der Waals surface area contributed by atoms with Gasteiger partial charge in [-0.3, -0.25) is 4.79 Å². The molecule has 1 saturated heterocycles. The highest BCUT2D eigenvalue weighted by molar-refractivity contribution is 6.32. The number of benzene rings is 2. The van der Waals surface area contributed by atoms with Crippen molar-refractivity contribution in [3.05, 3.63) is 58.7 Å². The van der Waals surface area contributed by atoms with Gasteiger partial charge in [0.15, 0.2) is 11.5 Å². The number of methoxy groups -OCH3 is 1. The summed E-state index contributed by atoms with van der Waals surface area (Å²) in [7, 11) is 1.51. The molecule has 0 radical (unpaired) electrons. The quantitative estimate of drug-likeness (QED) is 0.616. The number of amides is 3. The average molecular weight is 387 g/mol. The minimum atomic E-state index is -0.504. The maximum absolute atomic E-state index is 12.7. The number of ether oxygens (including phenoxy) is 2. The van der Waals surface area contributed by atoms with E-state index in [2.05, 4.69) is 5.32 Å². The van der Waals surface area contributed by atoms with Gasteiger partial charge in [-0.15, -0.1) is 0 Å². The number of urea groups is 1. The van der Waals surface area contributed by atoms with E-state index in [9.17, 15) is 9.59 Å². The molecular formula is C20H19ClN2O4. The number of anilines is 1. The first kappa shape index (κ1) is 18.8. The predicted octanol–water partition coefficient (Wildman–Crippen LogP) is 4.23. The van der Waals surface area contributed by atoms with Gasteiger partial charge in [-0.2, -0.15) is 0 Å². The molecule has 2 aromatic rings. The Balaban J connectivity index is 1.94. The van der Waals surface area contributed by atoms with Crippen LogP contribution in [-0.4, -0.2) is 25.2 Å². The molecule has 1 aliphatic heterocycles. The Morgan fingerprint density at radius 1 is 1.15 bits per heavy atom. The highest BCUT2D eigenvalue weighted by Gasteiger charge is 2.34. The predicted molar refractivity (Wildman–Crippen MR) is 104 cm³/mol. The zero-order chi connectivity index (χ0) is 19.6. The molecule has 0 spiro atoms. The second-order valence-electron chi connectivity index (χ2n) is 6.16. The Hall–Kier alpha value is -2.99. The Labute approximate surface area is 162 Å². The summed E-state index contributed by atoms with van der Waals surface area (Å²) < 4.78 is 11.0. The summed E-state index contributed by atoms with van der Waals surface area (Å²) in [5.41, 5.74) is 1.26. The standard InChI is InChI=1S/C20H19ClN2O4/c1-12(2)27-18-15(21)9-13(11-17(18)26-3)10-16-19(24)23(20(25)22-16)14-7-5-4-6-8-14/h4-12H,1-3H3,(H,22,25)/b16-10+. The van der Waals surface area contributed by atoms with Gasteiger partial charge in [0, 0.05) is 0 Å². The number of halogens is 1. The third-order valence-electron chi connectivity index (χ3n) is 3.81. The van der Waals surface area contributed by atoms with Crippen molar-refractivity contribution in [3.8, 4) is 11.5 Å². The Morgan fingerprint density at radius 3 is 2.48 bits per heavy atom. The van der Waals surface area contributed by atoms with Crippen molar-refractivity contribution in [2.24, 2.45) is 0 Å². The van der Waals surface area contributed by atoms with E-state index in [4.69, 9.17) is 21.1 Å². The van der Waals surface area contributed by atoms with Crippen molar-refractivity contribution in [1.82, 2.24) is 5.32 Å². The van der Waals surface area contributed by atoms with E-state index in [0.717, 1.165) is 4.90 Å². The molecule has 1 heterocycles. The Morgan fingerprint density at radius 2 is 1.85 bits per heavy atom. The highest BCUT2D eigenvalue weighted by Crippen LogP contribution is 2.37. The van der Waals surface area contributed by atoms with Crippen LogP contribution in [0.2, 0.25) is 5.02 Å². The molecule has 1 N–H and O–H groups in total. The van der Waals surface area contributed by atoms with Crippen LogP contribution in [0.5, 0.6) is 11.5 Å². The molecule has 27 heavy (non-hydrogen) atoms. The van der Waals surface area contributed by atoms with Crippen molar-refractivity contribution in [3.63, 3.8) is 0 Å². The maximum atomic E-state index is 12.7. The molecule has 0 aliphatic carbocycles. The Bertz CT molecular complexity index is 910. The third kappa shape index (κ3) is 3.90. The van der Waals surface area contributed by atoms with E-state index in [1.165, 1.54) is 7.11 Å². The van der Waals surface area contributed by atoms with Crippen LogP contribution in [-0.2, 0) is 4.79 Å². The van der Waals surface area contributed by atoms with Crippen molar-refractivity contribution >= 4 is 35.3 Å². The van der Waals surface area contributed by atoms with Gasteiger partial charge in [-0.25, -0.2) is 9.69 Å². The SMILES string of the molecule is COc1cc(/C=C2/NC(=O)N(c3ccccc3)C2=O)cc(Cl)c1OC(C)C. The molecule has 3 rings (SSSR count). The Kier molecular flexibility index (Phi) is 5.37. The summed E-state index contributed by atoms with van der Waals surface area (Å²) in [5, 5.41) is 2.94. The van der Waals surface area contributed by atoms with Crippen LogP contribution in [0.4, 0.5) is 10.5 Å². The molecule has 6 nitrogen and oxygen atoms in total. The van der Waals surface area contributed by atoms with Crippen LogP contribution >= 0.6 is 11.6 Å². The number of nitrogens with zero attached hydrogens (tertiary/aromatic N) is 1. The van der Waals surface area contributed by atoms with Crippen LogP contribution < -0.4 is 19.7 Å². The number of hydrogen-bond donors (Lipinski definition) is 1. The van der Waals surface area contributed by atoms with E-state index < -0.39 is 11.9 Å². The molecular weight excluding hydrogens is 368 g/mol. The fourth-order valence-corrected chi connectivity index (χ4v) is 2.95. The fraction of sp³-hybridized carbons (Fsp3) is 0.200. The minimum Gasteiger partial charge on any atom is -0.493 e. The molecule has 2 aromatic carbocycles. The fourth-order valence-electron chi connectivity index (χ4n) is 2.69. The van der Waals surface area contributed by atoms with Crippen LogP contribution in [0.25, 0.3) is 6.08 Å². The van der Waals surface area contributed by atoms with Gasteiger partial charge in [-0.05, 0) is 49.8 Å². The van der Waals surface area contributed by atoms with E-state index in [-0.39, 0.29) is 11.8 Å². The molecule has 1 aliphatic rings. The van der Waals surface area contributed by atoms with E-state index >= 15 is 0 Å². The molecule has 0 saturated carbocycles. The second kappa shape index (κ2) is 7.72. The number of nitrogens with one attached hydrogen (secondary N) is 1. The molecule has 0 bridgehead atoms. The number of para-hydroxylation sites is 1. The molecule has 7 heteroatoms. The maximum Gasteiger partial charge on any atom is 0.333 e. The zero-order valence-electron chi connectivity index (χ0n) is 15.2. The highest BCUT2D eigenvalue weighted by atomic mass is 35.5. The van der Waals surface area contributed by atoms with Gasteiger partial charge in [-0.1, -0.05) is 29.8 Å². The van der Waals surface area contributed by atoms with Gasteiger partial charge in [0.05, 0.1) is 23.9 Å². The first-order valence-electron chi connectivity index (χ1n) is 8.37. The number of imide groups is 1. The summed E-state index contributed by atoms with van der Waals surface area (Å²) in [6, 6.07) is 11.6. The van der Waals surface area contributed by atoms with Crippen LogP contribution in [0.3, 0.4) is 0 Å². The topological polar surface area (TPSA) is 67.9 Å². The molecule has 0 atom stereocenters. The van der Waals surface area contributed by atoms with Crippen molar-refractivity contribution in [2.45, 2.75) is 20.0 Å². The molecule has 140 valence electrons. The van der Waals surface area contributed by atoms with Gasteiger partial charge >= 0.3 is 6.03 Å². The zero-order valence-corrected chi connectivity index (χ0v) is 15.9. The molecule has 3 amide bonds. The first-order valence-corrected chi connectivity index (χ1v) is 8.75. The molecule has 0 unspecified atom stereocenters. The lowest BCUT2D eigenvalue weighted by Crippen LogP contribution is -2.30. The van der Waals surface area contributed by atoms with Crippen LogP contribution in [0.15, 0.2) is 48.2 Å². The average Bonchev–Trinajstić information content (AvgIpc) is 2.91. The van der Waals surface area contributed by atoms with Crippen LogP contribution in [0.1, 0.15) is 19.4 Å². The minimum absolute atomic E-state index is 0.0734. The largest absolute Gasteiger partial charge is 0.493 e. The van der Waals surface area contributed by atoms with E-state index in [0.29, 0.717) is 27.8 Å². The summed E-state index contributed by atoms with van der Waals surface area (Å²) >= 11 is 6.32. The van der Waals surface area contributed by atoms with E-state index in [1.54, 1.807) is 42.5 Å². The monoisotopic (exact) mass is 386 g/mol. The smallest absolute Gasteiger partial charge is 0.333 e. The lowest BCUT2D eigenvalue weighted by atomic mass is 10.1. The van der Waals surface area contributed by atoms with Crippen molar-refractivity contribution < 1.29 is 19.1 Å². The van der Waals surface area contributed by atoms with Gasteiger partial charge in [0.1, 0.15) is 5.70 Å². The third-order valence-corrected chi connectivity index (χ3v) is 4.09.